The Morgan fingerprint density at radius 3 is 2.11 bits per heavy atom. The standard InChI is InChI=1S/C23H39BO3/c1-7-9-15-24(16-10-8-2)27-20(5)17-23(19(3)4)26-18-21-11-13-22(25-6)14-12-21/h11-14,19,23H,5,7-10,15-18H2,1-4,6H3. The molecule has 0 heterocycles. The van der Waals surface area contributed by atoms with Crippen LogP contribution in [0.2, 0.25) is 12.6 Å². The van der Waals surface area contributed by atoms with E-state index in [1.807, 2.05) is 24.3 Å². The van der Waals surface area contributed by atoms with Gasteiger partial charge >= 0.3 is 6.92 Å². The highest BCUT2D eigenvalue weighted by molar-refractivity contribution is 6.52. The topological polar surface area (TPSA) is 27.7 Å². The predicted octanol–water partition coefficient (Wildman–Crippen LogP) is 6.75. The van der Waals surface area contributed by atoms with Gasteiger partial charge in [0.1, 0.15) is 5.75 Å². The smallest absolute Gasteiger partial charge is 0.357 e. The van der Waals surface area contributed by atoms with Gasteiger partial charge in [0, 0.05) is 6.42 Å². The molecule has 0 aliphatic carbocycles. The van der Waals surface area contributed by atoms with E-state index >= 15 is 0 Å². The predicted molar refractivity (Wildman–Crippen MR) is 116 cm³/mol. The number of methoxy groups -OCH3 is 1. The molecule has 4 heteroatoms. The second kappa shape index (κ2) is 13.7. The molecule has 0 fully saturated rings. The molecule has 0 saturated heterocycles. The first-order chi connectivity index (χ1) is 13.0. The molecule has 0 saturated carbocycles. The van der Waals surface area contributed by atoms with Crippen molar-refractivity contribution < 1.29 is 14.1 Å². The van der Waals surface area contributed by atoms with Crippen LogP contribution in [0, 0.1) is 5.92 Å². The Kier molecular flexibility index (Phi) is 12.0. The lowest BCUT2D eigenvalue weighted by atomic mass is 9.59. The maximum Gasteiger partial charge on any atom is 0.357 e. The van der Waals surface area contributed by atoms with Crippen LogP contribution in [0.5, 0.6) is 5.75 Å². The van der Waals surface area contributed by atoms with Crippen LogP contribution >= 0.6 is 0 Å². The maximum absolute atomic E-state index is 6.23. The van der Waals surface area contributed by atoms with E-state index in [0.717, 1.165) is 36.1 Å². The van der Waals surface area contributed by atoms with Crippen molar-refractivity contribution in [2.45, 2.75) is 85.2 Å². The molecule has 0 radical (unpaired) electrons. The first kappa shape index (κ1) is 23.6. The summed E-state index contributed by atoms with van der Waals surface area (Å²) in [5, 5.41) is 0. The van der Waals surface area contributed by atoms with E-state index in [4.69, 9.17) is 14.1 Å². The van der Waals surface area contributed by atoms with Crippen LogP contribution in [0.25, 0.3) is 0 Å². The van der Waals surface area contributed by atoms with E-state index in [0.29, 0.717) is 19.4 Å². The first-order valence-corrected chi connectivity index (χ1v) is 10.6. The molecule has 0 aromatic heterocycles. The van der Waals surface area contributed by atoms with Crippen LogP contribution in [-0.4, -0.2) is 20.1 Å². The maximum atomic E-state index is 6.23. The van der Waals surface area contributed by atoms with Crippen molar-refractivity contribution in [2.24, 2.45) is 5.92 Å². The number of hydrogen-bond donors (Lipinski definition) is 0. The van der Waals surface area contributed by atoms with Crippen LogP contribution < -0.4 is 4.74 Å². The lowest BCUT2D eigenvalue weighted by Gasteiger charge is -2.25. The number of rotatable bonds is 15. The molecule has 27 heavy (non-hydrogen) atoms. The van der Waals surface area contributed by atoms with Gasteiger partial charge in [-0.25, -0.2) is 0 Å². The Balaban J connectivity index is 2.53. The lowest BCUT2D eigenvalue weighted by molar-refractivity contribution is 0.00615. The van der Waals surface area contributed by atoms with Crippen LogP contribution in [0.3, 0.4) is 0 Å². The van der Waals surface area contributed by atoms with Crippen molar-refractivity contribution in [2.75, 3.05) is 7.11 Å². The molecule has 1 aromatic carbocycles. The molecule has 1 unspecified atom stereocenters. The van der Waals surface area contributed by atoms with Crippen molar-refractivity contribution in [1.29, 1.82) is 0 Å². The second-order valence-corrected chi connectivity index (χ2v) is 7.71. The largest absolute Gasteiger partial charge is 0.564 e. The van der Waals surface area contributed by atoms with Gasteiger partial charge in [-0.05, 0) is 36.3 Å². The fourth-order valence-electron chi connectivity index (χ4n) is 3.05. The number of hydrogen-bond acceptors (Lipinski definition) is 3. The summed E-state index contributed by atoms with van der Waals surface area (Å²) in [5.74, 6) is 2.14. The van der Waals surface area contributed by atoms with Gasteiger partial charge in [0.25, 0.3) is 0 Å². The molecule has 3 nitrogen and oxygen atoms in total. The van der Waals surface area contributed by atoms with Gasteiger partial charge in [-0.15, -0.1) is 0 Å². The Morgan fingerprint density at radius 1 is 1.04 bits per heavy atom. The Hall–Kier alpha value is -1.42. The Labute approximate surface area is 167 Å². The summed E-state index contributed by atoms with van der Waals surface area (Å²) in [6, 6.07) is 8.04. The molecule has 0 aliphatic heterocycles. The normalized spacial score (nSPS) is 12.1. The van der Waals surface area contributed by atoms with E-state index in [1.165, 1.54) is 25.7 Å². The molecule has 152 valence electrons. The zero-order valence-corrected chi connectivity index (χ0v) is 18.1. The van der Waals surface area contributed by atoms with Crippen molar-refractivity contribution in [3.8, 4) is 5.75 Å². The van der Waals surface area contributed by atoms with E-state index in [9.17, 15) is 0 Å². The van der Waals surface area contributed by atoms with Gasteiger partial charge in [-0.2, -0.15) is 0 Å². The fraction of sp³-hybridized carbons (Fsp3) is 0.652. The molecule has 0 spiro atoms. The summed E-state index contributed by atoms with van der Waals surface area (Å²) in [6.07, 6.45) is 7.94. The third kappa shape index (κ3) is 9.90. The van der Waals surface area contributed by atoms with Crippen molar-refractivity contribution in [3.05, 3.63) is 42.2 Å². The summed E-state index contributed by atoms with van der Waals surface area (Å²) in [4.78, 5) is 0. The van der Waals surface area contributed by atoms with Crippen molar-refractivity contribution in [3.63, 3.8) is 0 Å². The van der Waals surface area contributed by atoms with Crippen LogP contribution in [0.1, 0.15) is 65.4 Å². The third-order valence-electron chi connectivity index (χ3n) is 4.89. The highest BCUT2D eigenvalue weighted by atomic mass is 16.5. The first-order valence-electron chi connectivity index (χ1n) is 10.6. The van der Waals surface area contributed by atoms with E-state index in [2.05, 4.69) is 34.3 Å². The average Bonchev–Trinajstić information content (AvgIpc) is 2.67. The van der Waals surface area contributed by atoms with Crippen LogP contribution in [0.15, 0.2) is 36.6 Å². The van der Waals surface area contributed by atoms with Crippen LogP contribution in [0.4, 0.5) is 0 Å². The summed E-state index contributed by atoms with van der Waals surface area (Å²) in [6.45, 7) is 13.9. The fourth-order valence-corrected chi connectivity index (χ4v) is 3.05. The molecule has 1 atom stereocenters. The molecule has 0 aliphatic rings. The van der Waals surface area contributed by atoms with Gasteiger partial charge in [-0.3, -0.25) is 0 Å². The molecule has 1 aromatic rings. The average molecular weight is 374 g/mol. The minimum atomic E-state index is 0.109. The van der Waals surface area contributed by atoms with Gasteiger partial charge in [0.05, 0.1) is 25.6 Å². The van der Waals surface area contributed by atoms with E-state index in [-0.39, 0.29) is 6.10 Å². The Morgan fingerprint density at radius 2 is 1.63 bits per heavy atom. The van der Waals surface area contributed by atoms with Gasteiger partial charge in [-0.1, -0.05) is 72.1 Å². The zero-order valence-electron chi connectivity index (χ0n) is 18.1. The summed E-state index contributed by atoms with van der Waals surface area (Å²) in [5.41, 5.74) is 1.15. The minimum absolute atomic E-state index is 0.109. The van der Waals surface area contributed by atoms with Gasteiger partial charge in [0.15, 0.2) is 0 Å². The van der Waals surface area contributed by atoms with Crippen molar-refractivity contribution in [1.82, 2.24) is 0 Å². The molecular formula is C23H39BO3. The molecule has 0 N–H and O–H groups in total. The summed E-state index contributed by atoms with van der Waals surface area (Å²) in [7, 11) is 1.68. The number of ether oxygens (including phenoxy) is 2. The SMILES string of the molecule is C=C(CC(OCc1ccc(OC)cc1)C(C)C)OB(CCCC)CCCC. The summed E-state index contributed by atoms with van der Waals surface area (Å²) >= 11 is 0. The zero-order chi connectivity index (χ0) is 20.1. The number of unbranched alkanes of at least 4 members (excludes halogenated alkanes) is 2. The second-order valence-electron chi connectivity index (χ2n) is 7.71. The highest BCUT2D eigenvalue weighted by Gasteiger charge is 2.21. The summed E-state index contributed by atoms with van der Waals surface area (Å²) < 4.78 is 17.6. The van der Waals surface area contributed by atoms with Crippen LogP contribution in [-0.2, 0) is 16.0 Å². The Bertz CT molecular complexity index is 505. The molecule has 0 bridgehead atoms. The number of benzene rings is 1. The van der Waals surface area contributed by atoms with Gasteiger partial charge < -0.3 is 14.1 Å². The van der Waals surface area contributed by atoms with E-state index in [1.54, 1.807) is 7.11 Å². The quantitative estimate of drug-likeness (QED) is 0.251. The molecule has 0 amide bonds. The lowest BCUT2D eigenvalue weighted by Crippen LogP contribution is -2.24. The van der Waals surface area contributed by atoms with Crippen molar-refractivity contribution >= 4 is 6.92 Å². The van der Waals surface area contributed by atoms with E-state index < -0.39 is 0 Å². The van der Waals surface area contributed by atoms with Gasteiger partial charge in [0.2, 0.25) is 0 Å². The third-order valence-corrected chi connectivity index (χ3v) is 4.89. The highest BCUT2D eigenvalue weighted by Crippen LogP contribution is 2.22. The monoisotopic (exact) mass is 374 g/mol. The molecule has 1 rings (SSSR count). The molecular weight excluding hydrogens is 335 g/mol. The minimum Gasteiger partial charge on any atom is -0.564 e.